The van der Waals surface area contributed by atoms with Crippen molar-refractivity contribution < 1.29 is 0 Å². The molecule has 1 aliphatic rings. The lowest BCUT2D eigenvalue weighted by atomic mass is 9.96. The van der Waals surface area contributed by atoms with Crippen molar-refractivity contribution in [3.05, 3.63) is 0 Å². The van der Waals surface area contributed by atoms with E-state index in [9.17, 15) is 0 Å². The predicted molar refractivity (Wildman–Crippen MR) is 73.8 cm³/mol. The van der Waals surface area contributed by atoms with E-state index in [4.69, 9.17) is 5.84 Å². The van der Waals surface area contributed by atoms with E-state index in [0.717, 1.165) is 5.96 Å². The molecule has 0 saturated heterocycles. The Bertz CT molecular complexity index is 221. The van der Waals surface area contributed by atoms with E-state index in [1.807, 2.05) is 0 Å². The van der Waals surface area contributed by atoms with Crippen LogP contribution in [0.3, 0.4) is 0 Å². The molecule has 1 aliphatic carbocycles. The van der Waals surface area contributed by atoms with Crippen LogP contribution in [-0.4, -0.2) is 18.0 Å². The van der Waals surface area contributed by atoms with Crippen LogP contribution in [0.1, 0.15) is 65.2 Å². The van der Waals surface area contributed by atoms with Crippen LogP contribution in [0.5, 0.6) is 0 Å². The van der Waals surface area contributed by atoms with Crippen LogP contribution >= 0.6 is 0 Å². The first-order chi connectivity index (χ1) is 8.26. The average Bonchev–Trinajstić information content (AvgIpc) is 2.36. The number of unbranched alkanes of at least 4 members (excludes halogenated alkanes) is 1. The number of hydrogen-bond donors (Lipinski definition) is 3. The maximum Gasteiger partial charge on any atom is 0.206 e. The molecule has 17 heavy (non-hydrogen) atoms. The molecule has 0 spiro atoms. The molecule has 4 N–H and O–H groups in total. The Labute approximate surface area is 105 Å². The summed E-state index contributed by atoms with van der Waals surface area (Å²) in [5, 5.41) is 3.36. The number of aliphatic imine (C=N–C) groups is 1. The molecular formula is C13H28N4. The first-order valence-corrected chi connectivity index (χ1v) is 7.07. The summed E-state index contributed by atoms with van der Waals surface area (Å²) in [6.07, 6.45) is 10.0. The van der Waals surface area contributed by atoms with Gasteiger partial charge in [-0.2, -0.15) is 0 Å². The summed E-state index contributed by atoms with van der Waals surface area (Å²) < 4.78 is 0. The standard InChI is InChI=1S/C13H28N4/c1-3-4-8-11(2)15-13(17-14)16-12-9-6-5-7-10-12/h11-12H,3-10,14H2,1-2H3,(H2,15,16,17). The van der Waals surface area contributed by atoms with Gasteiger partial charge in [-0.15, -0.1) is 0 Å². The van der Waals surface area contributed by atoms with Gasteiger partial charge in [0.15, 0.2) is 0 Å². The van der Waals surface area contributed by atoms with Crippen molar-refractivity contribution in [3.63, 3.8) is 0 Å². The fourth-order valence-electron chi connectivity index (χ4n) is 2.32. The minimum atomic E-state index is 0.438. The van der Waals surface area contributed by atoms with Gasteiger partial charge in [-0.05, 0) is 26.2 Å². The van der Waals surface area contributed by atoms with E-state index in [-0.39, 0.29) is 0 Å². The summed E-state index contributed by atoms with van der Waals surface area (Å²) in [7, 11) is 0. The number of guanidine groups is 1. The molecule has 1 saturated carbocycles. The quantitative estimate of drug-likeness (QED) is 0.299. The summed E-state index contributed by atoms with van der Waals surface area (Å²) in [6.45, 7) is 4.40. The van der Waals surface area contributed by atoms with Crippen molar-refractivity contribution in [1.82, 2.24) is 10.7 Å². The molecule has 0 aromatic heterocycles. The molecule has 0 radical (unpaired) electrons. The molecule has 4 nitrogen and oxygen atoms in total. The molecule has 1 fully saturated rings. The Hall–Kier alpha value is -0.770. The molecule has 1 atom stereocenters. The van der Waals surface area contributed by atoms with Crippen LogP contribution in [-0.2, 0) is 0 Å². The highest BCUT2D eigenvalue weighted by Crippen LogP contribution is 2.20. The molecule has 0 heterocycles. The smallest absolute Gasteiger partial charge is 0.206 e. The maximum absolute atomic E-state index is 5.52. The second kappa shape index (κ2) is 8.34. The topological polar surface area (TPSA) is 62.4 Å². The predicted octanol–water partition coefficient (Wildman–Crippen LogP) is 2.31. The zero-order valence-corrected chi connectivity index (χ0v) is 11.3. The highest BCUT2D eigenvalue weighted by Gasteiger charge is 2.13. The van der Waals surface area contributed by atoms with Crippen LogP contribution < -0.4 is 16.6 Å². The second-order valence-corrected chi connectivity index (χ2v) is 5.10. The van der Waals surface area contributed by atoms with Crippen molar-refractivity contribution >= 4 is 5.96 Å². The van der Waals surface area contributed by atoms with Gasteiger partial charge in [-0.25, -0.2) is 10.8 Å². The first kappa shape index (κ1) is 14.3. The van der Waals surface area contributed by atoms with Crippen molar-refractivity contribution in [2.75, 3.05) is 0 Å². The molecule has 100 valence electrons. The molecule has 1 rings (SSSR count). The van der Waals surface area contributed by atoms with Gasteiger partial charge in [-0.1, -0.05) is 39.0 Å². The molecule has 0 aliphatic heterocycles. The Morgan fingerprint density at radius 1 is 1.35 bits per heavy atom. The summed E-state index contributed by atoms with van der Waals surface area (Å²) in [4.78, 5) is 4.67. The zero-order valence-electron chi connectivity index (χ0n) is 11.3. The van der Waals surface area contributed by atoms with Crippen molar-refractivity contribution in [2.24, 2.45) is 10.8 Å². The Kier molecular flexibility index (Phi) is 7.01. The Morgan fingerprint density at radius 3 is 2.65 bits per heavy atom. The first-order valence-electron chi connectivity index (χ1n) is 7.07. The third kappa shape index (κ3) is 5.91. The number of rotatable bonds is 5. The van der Waals surface area contributed by atoms with Crippen LogP contribution in [0.4, 0.5) is 0 Å². The Morgan fingerprint density at radius 2 is 2.06 bits per heavy atom. The number of nitrogens with two attached hydrogens (primary N) is 1. The second-order valence-electron chi connectivity index (χ2n) is 5.10. The molecular weight excluding hydrogens is 212 g/mol. The molecule has 0 aromatic carbocycles. The van der Waals surface area contributed by atoms with Crippen LogP contribution in [0.2, 0.25) is 0 Å². The van der Waals surface area contributed by atoms with Gasteiger partial charge in [0.05, 0.1) is 6.04 Å². The summed E-state index contributed by atoms with van der Waals surface area (Å²) in [5.41, 5.74) is 2.70. The van der Waals surface area contributed by atoms with E-state index < -0.39 is 0 Å². The minimum absolute atomic E-state index is 0.438. The van der Waals surface area contributed by atoms with Crippen molar-refractivity contribution in [3.8, 4) is 0 Å². The fraction of sp³-hybridized carbons (Fsp3) is 0.923. The van der Waals surface area contributed by atoms with Gasteiger partial charge in [0.1, 0.15) is 0 Å². The molecule has 0 aromatic rings. The van der Waals surface area contributed by atoms with E-state index >= 15 is 0 Å². The highest BCUT2D eigenvalue weighted by molar-refractivity contribution is 5.79. The third-order valence-corrected chi connectivity index (χ3v) is 3.40. The molecule has 1 unspecified atom stereocenters. The third-order valence-electron chi connectivity index (χ3n) is 3.40. The summed E-state index contributed by atoms with van der Waals surface area (Å²) >= 11 is 0. The van der Waals surface area contributed by atoms with Crippen molar-refractivity contribution in [1.29, 1.82) is 0 Å². The van der Waals surface area contributed by atoms with Crippen LogP contribution in [0.25, 0.3) is 0 Å². The van der Waals surface area contributed by atoms with Gasteiger partial charge in [-0.3, -0.25) is 5.43 Å². The number of hydrogen-bond acceptors (Lipinski definition) is 2. The number of hydrazine groups is 1. The lowest BCUT2D eigenvalue weighted by Gasteiger charge is -2.21. The maximum atomic E-state index is 5.52. The summed E-state index contributed by atoms with van der Waals surface area (Å²) in [5.74, 6) is 6.29. The molecule has 4 heteroatoms. The Balaban J connectivity index is 2.37. The fourth-order valence-corrected chi connectivity index (χ4v) is 2.32. The van der Waals surface area contributed by atoms with E-state index in [0.29, 0.717) is 12.1 Å². The van der Waals surface area contributed by atoms with Crippen molar-refractivity contribution in [2.45, 2.75) is 77.3 Å². The SMILES string of the molecule is CCCCC(C)NC(=NC1CCCCC1)NN. The van der Waals surface area contributed by atoms with Crippen LogP contribution in [0.15, 0.2) is 4.99 Å². The van der Waals surface area contributed by atoms with Gasteiger partial charge in [0.25, 0.3) is 0 Å². The van der Waals surface area contributed by atoms with Gasteiger partial charge in [0.2, 0.25) is 5.96 Å². The molecule has 0 amide bonds. The highest BCUT2D eigenvalue weighted by atomic mass is 15.3. The van der Waals surface area contributed by atoms with Gasteiger partial charge >= 0.3 is 0 Å². The van der Waals surface area contributed by atoms with E-state index in [2.05, 4.69) is 29.6 Å². The lowest BCUT2D eigenvalue weighted by molar-refractivity contribution is 0.439. The minimum Gasteiger partial charge on any atom is -0.353 e. The average molecular weight is 240 g/mol. The molecule has 0 bridgehead atoms. The largest absolute Gasteiger partial charge is 0.353 e. The zero-order chi connectivity index (χ0) is 12.5. The number of nitrogens with zero attached hydrogens (tertiary/aromatic N) is 1. The lowest BCUT2D eigenvalue weighted by Crippen LogP contribution is -2.46. The summed E-state index contributed by atoms with van der Waals surface area (Å²) in [6, 6.07) is 0.897. The monoisotopic (exact) mass is 240 g/mol. The number of nitrogens with one attached hydrogen (secondary N) is 2. The van der Waals surface area contributed by atoms with E-state index in [1.165, 1.54) is 51.4 Å². The van der Waals surface area contributed by atoms with Gasteiger partial charge in [0, 0.05) is 6.04 Å². The van der Waals surface area contributed by atoms with Crippen LogP contribution in [0, 0.1) is 0 Å². The van der Waals surface area contributed by atoms with Gasteiger partial charge < -0.3 is 5.32 Å². The van der Waals surface area contributed by atoms with E-state index in [1.54, 1.807) is 0 Å². The normalized spacial score (nSPS) is 20.1.